The monoisotopic (exact) mass is 302 g/mol. The van der Waals surface area contributed by atoms with Gasteiger partial charge in [-0.15, -0.1) is 11.3 Å². The fourth-order valence-electron chi connectivity index (χ4n) is 2.33. The molecule has 4 nitrogen and oxygen atoms in total. The summed E-state index contributed by atoms with van der Waals surface area (Å²) >= 11 is 1.77. The van der Waals surface area contributed by atoms with E-state index in [1.54, 1.807) is 11.3 Å². The molecular weight excluding hydrogens is 280 g/mol. The van der Waals surface area contributed by atoms with Crippen molar-refractivity contribution in [2.75, 3.05) is 18.6 Å². The van der Waals surface area contributed by atoms with Crippen LogP contribution in [0.1, 0.15) is 29.7 Å². The van der Waals surface area contributed by atoms with Crippen LogP contribution >= 0.6 is 11.3 Å². The summed E-state index contributed by atoms with van der Waals surface area (Å²) in [6, 6.07) is 0.466. The Morgan fingerprint density at radius 1 is 1.47 bits per heavy atom. The van der Waals surface area contributed by atoms with E-state index in [0.717, 1.165) is 30.7 Å². The molecule has 2 heterocycles. The zero-order valence-electron chi connectivity index (χ0n) is 11.6. The number of sulfone groups is 1. The second-order valence-electron chi connectivity index (χ2n) is 5.41. The molecule has 0 radical (unpaired) electrons. The van der Waals surface area contributed by atoms with Gasteiger partial charge in [-0.3, -0.25) is 0 Å². The first kappa shape index (κ1) is 14.9. The average molecular weight is 302 g/mol. The lowest BCUT2D eigenvalue weighted by molar-refractivity contribution is 0.462. The standard InChI is InChI=1S/C13H22N2O2S2/c1-10(14-2)7-12-9-15-13(18-12)8-11-3-5-19(16,17)6-4-11/h9-11,14H,3-8H2,1-2H3. The molecule has 1 aromatic heterocycles. The van der Waals surface area contributed by atoms with Gasteiger partial charge in [-0.1, -0.05) is 0 Å². The van der Waals surface area contributed by atoms with Crippen molar-refractivity contribution in [3.63, 3.8) is 0 Å². The lowest BCUT2D eigenvalue weighted by Crippen LogP contribution is -2.24. The van der Waals surface area contributed by atoms with Crippen LogP contribution in [0.15, 0.2) is 6.20 Å². The third-order valence-corrected chi connectivity index (χ3v) is 6.50. The van der Waals surface area contributed by atoms with Gasteiger partial charge in [-0.2, -0.15) is 0 Å². The minimum atomic E-state index is -2.75. The third-order valence-electron chi connectivity index (χ3n) is 3.74. The van der Waals surface area contributed by atoms with Crippen LogP contribution in [-0.2, 0) is 22.7 Å². The molecule has 1 aromatic rings. The quantitative estimate of drug-likeness (QED) is 0.899. The van der Waals surface area contributed by atoms with Gasteiger partial charge in [0.1, 0.15) is 9.84 Å². The van der Waals surface area contributed by atoms with Gasteiger partial charge in [-0.05, 0) is 39.2 Å². The molecule has 0 amide bonds. The summed E-state index contributed by atoms with van der Waals surface area (Å²) in [5, 5.41) is 4.38. The Kier molecular flexibility index (Phi) is 4.97. The molecule has 1 aliphatic heterocycles. The fourth-order valence-corrected chi connectivity index (χ4v) is 5.09. The maximum atomic E-state index is 11.4. The molecule has 1 unspecified atom stereocenters. The van der Waals surface area contributed by atoms with Crippen molar-refractivity contribution in [3.8, 4) is 0 Å². The highest BCUT2D eigenvalue weighted by atomic mass is 32.2. The Labute approximate surface area is 119 Å². The predicted molar refractivity (Wildman–Crippen MR) is 79.4 cm³/mol. The average Bonchev–Trinajstić information content (AvgIpc) is 2.79. The van der Waals surface area contributed by atoms with Crippen LogP contribution in [0.2, 0.25) is 0 Å². The van der Waals surface area contributed by atoms with E-state index in [1.165, 1.54) is 4.88 Å². The van der Waals surface area contributed by atoms with Crippen molar-refractivity contribution in [2.45, 2.75) is 38.6 Å². The number of likely N-dealkylation sites (N-methyl/N-ethyl adjacent to an activating group) is 1. The smallest absolute Gasteiger partial charge is 0.150 e. The van der Waals surface area contributed by atoms with E-state index in [4.69, 9.17) is 0 Å². The maximum Gasteiger partial charge on any atom is 0.150 e. The molecule has 0 saturated carbocycles. The lowest BCUT2D eigenvalue weighted by Gasteiger charge is -2.20. The van der Waals surface area contributed by atoms with Gasteiger partial charge in [0.2, 0.25) is 0 Å². The SMILES string of the molecule is CNC(C)Cc1cnc(CC2CCS(=O)(=O)CC2)s1. The summed E-state index contributed by atoms with van der Waals surface area (Å²) < 4.78 is 22.8. The Hall–Kier alpha value is -0.460. The highest BCUT2D eigenvalue weighted by Gasteiger charge is 2.24. The number of hydrogen-bond acceptors (Lipinski definition) is 5. The number of nitrogens with zero attached hydrogens (tertiary/aromatic N) is 1. The van der Waals surface area contributed by atoms with E-state index < -0.39 is 9.84 Å². The topological polar surface area (TPSA) is 59.1 Å². The molecule has 108 valence electrons. The molecule has 1 fully saturated rings. The first-order valence-electron chi connectivity index (χ1n) is 6.80. The van der Waals surface area contributed by atoms with E-state index in [-0.39, 0.29) is 0 Å². The summed E-state index contributed by atoms with van der Waals surface area (Å²) in [5.41, 5.74) is 0. The highest BCUT2D eigenvalue weighted by molar-refractivity contribution is 7.91. The van der Waals surface area contributed by atoms with Crippen LogP contribution in [-0.4, -0.2) is 38.0 Å². The zero-order chi connectivity index (χ0) is 13.9. The molecule has 0 aromatic carbocycles. The molecule has 2 rings (SSSR count). The minimum absolute atomic E-state index is 0.354. The van der Waals surface area contributed by atoms with Crippen LogP contribution in [0.3, 0.4) is 0 Å². The van der Waals surface area contributed by atoms with E-state index >= 15 is 0 Å². The Bertz CT molecular complexity index is 496. The van der Waals surface area contributed by atoms with E-state index in [2.05, 4.69) is 17.2 Å². The van der Waals surface area contributed by atoms with Gasteiger partial charge in [0, 0.05) is 23.5 Å². The van der Waals surface area contributed by atoms with Gasteiger partial charge in [0.15, 0.2) is 0 Å². The molecule has 0 spiro atoms. The van der Waals surface area contributed by atoms with Crippen LogP contribution < -0.4 is 5.32 Å². The molecule has 1 N–H and O–H groups in total. The normalized spacial score (nSPS) is 21.4. The molecule has 0 aliphatic carbocycles. The molecule has 1 atom stereocenters. The molecular formula is C13H22N2O2S2. The van der Waals surface area contributed by atoms with Crippen molar-refractivity contribution >= 4 is 21.2 Å². The van der Waals surface area contributed by atoms with E-state index in [1.807, 2.05) is 13.2 Å². The molecule has 0 bridgehead atoms. The lowest BCUT2D eigenvalue weighted by atomic mass is 9.99. The number of rotatable bonds is 5. The summed E-state index contributed by atoms with van der Waals surface area (Å²) in [4.78, 5) is 5.78. The Morgan fingerprint density at radius 3 is 2.79 bits per heavy atom. The summed E-state index contributed by atoms with van der Waals surface area (Å²) in [6.45, 7) is 2.16. The minimum Gasteiger partial charge on any atom is -0.317 e. The first-order valence-corrected chi connectivity index (χ1v) is 9.43. The van der Waals surface area contributed by atoms with E-state index in [0.29, 0.717) is 23.5 Å². The van der Waals surface area contributed by atoms with Gasteiger partial charge in [-0.25, -0.2) is 13.4 Å². The van der Waals surface area contributed by atoms with Crippen LogP contribution in [0.4, 0.5) is 0 Å². The highest BCUT2D eigenvalue weighted by Crippen LogP contribution is 2.25. The number of nitrogens with one attached hydrogen (secondary N) is 1. The van der Waals surface area contributed by atoms with Gasteiger partial charge in [0.05, 0.1) is 16.5 Å². The number of thiazole rings is 1. The van der Waals surface area contributed by atoms with Crippen molar-refractivity contribution in [3.05, 3.63) is 16.1 Å². The number of aromatic nitrogens is 1. The van der Waals surface area contributed by atoms with Crippen LogP contribution in [0, 0.1) is 5.92 Å². The molecule has 1 saturated heterocycles. The van der Waals surface area contributed by atoms with Crippen molar-refractivity contribution in [2.24, 2.45) is 5.92 Å². The molecule has 1 aliphatic rings. The zero-order valence-corrected chi connectivity index (χ0v) is 13.2. The van der Waals surface area contributed by atoms with Crippen molar-refractivity contribution in [1.29, 1.82) is 0 Å². The predicted octanol–water partition coefficient (Wildman–Crippen LogP) is 1.66. The van der Waals surface area contributed by atoms with Crippen LogP contribution in [0.25, 0.3) is 0 Å². The summed E-state index contributed by atoms with van der Waals surface area (Å²) in [5.74, 6) is 1.20. The molecule has 6 heteroatoms. The molecule has 19 heavy (non-hydrogen) atoms. The largest absolute Gasteiger partial charge is 0.317 e. The second kappa shape index (κ2) is 6.33. The van der Waals surface area contributed by atoms with E-state index in [9.17, 15) is 8.42 Å². The van der Waals surface area contributed by atoms with Gasteiger partial charge < -0.3 is 5.32 Å². The Balaban J connectivity index is 1.87. The summed E-state index contributed by atoms with van der Waals surface area (Å²) in [7, 11) is -0.780. The van der Waals surface area contributed by atoms with Crippen molar-refractivity contribution < 1.29 is 8.42 Å². The summed E-state index contributed by atoms with van der Waals surface area (Å²) in [6.07, 6.45) is 5.50. The van der Waals surface area contributed by atoms with Crippen LogP contribution in [0.5, 0.6) is 0 Å². The second-order valence-corrected chi connectivity index (χ2v) is 8.92. The van der Waals surface area contributed by atoms with Gasteiger partial charge >= 0.3 is 0 Å². The number of hydrogen-bond donors (Lipinski definition) is 1. The third kappa shape index (κ3) is 4.54. The van der Waals surface area contributed by atoms with Gasteiger partial charge in [0.25, 0.3) is 0 Å². The Morgan fingerprint density at radius 2 is 2.16 bits per heavy atom. The van der Waals surface area contributed by atoms with Crippen molar-refractivity contribution in [1.82, 2.24) is 10.3 Å². The fraction of sp³-hybridized carbons (Fsp3) is 0.769. The maximum absolute atomic E-state index is 11.4. The first-order chi connectivity index (χ1) is 8.98.